The first kappa shape index (κ1) is 68.6. The van der Waals surface area contributed by atoms with Gasteiger partial charge in [0, 0.05) is 161 Å². The minimum absolute atomic E-state index is 0. The number of nitrogens with two attached hydrogens (primary N) is 1. The topological polar surface area (TPSA) is 180 Å². The number of rotatable bonds is 10. The van der Waals surface area contributed by atoms with Crippen LogP contribution >= 0.6 is 0 Å². The van der Waals surface area contributed by atoms with Crippen molar-refractivity contribution in [3.8, 4) is 22.3 Å². The summed E-state index contributed by atoms with van der Waals surface area (Å²) in [6, 6.07) is 48.3. The maximum absolute atomic E-state index is 12.2. The van der Waals surface area contributed by atoms with Crippen LogP contribution in [-0.4, -0.2) is 42.0 Å². The van der Waals surface area contributed by atoms with Gasteiger partial charge in [0.1, 0.15) is 13.2 Å². The number of amides is 1. The van der Waals surface area contributed by atoms with E-state index in [9.17, 15) is 14.7 Å². The van der Waals surface area contributed by atoms with Crippen LogP contribution in [0.1, 0.15) is 70.7 Å². The van der Waals surface area contributed by atoms with E-state index in [0.29, 0.717) is 26.3 Å². The zero-order valence-electron chi connectivity index (χ0n) is 39.4. The first-order valence-electron chi connectivity index (χ1n) is 21.2. The van der Waals surface area contributed by atoms with Gasteiger partial charge in [-0.15, -0.1) is 0 Å². The Hall–Kier alpha value is -2.55. The largest absolute Gasteiger partial charge is 1.00 e. The van der Waals surface area contributed by atoms with Crippen molar-refractivity contribution >= 4 is 147 Å². The summed E-state index contributed by atoms with van der Waals surface area (Å²) >= 11 is 9.43. The van der Waals surface area contributed by atoms with Crippen LogP contribution in [-0.2, 0) is 179 Å². The average molecular weight is 1280 g/mol. The van der Waals surface area contributed by atoms with Crippen molar-refractivity contribution in [2.45, 2.75) is 52.5 Å². The second-order valence-corrected chi connectivity index (χ2v) is 35.6. The van der Waals surface area contributed by atoms with Crippen molar-refractivity contribution in [2.24, 2.45) is 5.73 Å². The fourth-order valence-corrected chi connectivity index (χ4v) is 34.7. The Kier molecular flexibility index (Phi) is 37.9. The Bertz CT molecular complexity index is 3210. The molecule has 0 saturated heterocycles. The van der Waals surface area contributed by atoms with Gasteiger partial charge in [0.25, 0.3) is 6.47 Å². The van der Waals surface area contributed by atoms with Gasteiger partial charge in [-0.05, 0) is 66.8 Å². The third-order valence-corrected chi connectivity index (χ3v) is 34.6. The van der Waals surface area contributed by atoms with E-state index in [0.717, 1.165) is 22.3 Å². The molecule has 0 radical (unpaired) electrons. The Morgan fingerprint density at radius 3 is 1.25 bits per heavy atom. The van der Waals surface area contributed by atoms with Gasteiger partial charge in [0.15, 0.2) is 0 Å². The summed E-state index contributed by atoms with van der Waals surface area (Å²) in [5.74, 6) is -0.000899. The first-order chi connectivity index (χ1) is 35.7. The minimum Gasteiger partial charge on any atom is -0.662 e. The van der Waals surface area contributed by atoms with Crippen LogP contribution in [0.3, 0.4) is 0 Å². The molecule has 6 aromatic rings. The van der Waals surface area contributed by atoms with Gasteiger partial charge < -0.3 is 40.9 Å². The monoisotopic (exact) mass is 1280 g/mol. The molecule has 0 saturated carbocycles. The number of carbonyl (C=O) groups excluding carboxylic acids is 3. The fourth-order valence-electron chi connectivity index (χ4n) is 7.27. The smallest absolute Gasteiger partial charge is 0.662 e. The van der Waals surface area contributed by atoms with Crippen LogP contribution in [0.5, 0.6) is 0 Å². The van der Waals surface area contributed by atoms with E-state index in [1.165, 1.54) is 69.2 Å². The molecule has 0 aromatic heterocycles. The summed E-state index contributed by atoms with van der Waals surface area (Å²) in [5, 5.41) is 29.1. The molecule has 0 atom stereocenters. The molecule has 0 bridgehead atoms. The fraction of sp³-hybridized carbons (Fsp3) is 0.204. The van der Waals surface area contributed by atoms with Crippen LogP contribution in [0.4, 0.5) is 4.79 Å². The summed E-state index contributed by atoms with van der Waals surface area (Å²) in [6.07, 6.45) is -0.439. The number of hydrogen-bond acceptors (Lipinski definition) is 12. The van der Waals surface area contributed by atoms with Gasteiger partial charge in [0.05, 0.1) is 13.2 Å². The number of benzene rings is 6. The van der Waals surface area contributed by atoms with Gasteiger partial charge in [-0.3, -0.25) is 9.59 Å². The zero-order valence-corrected chi connectivity index (χ0v) is 52.8. The quantitative estimate of drug-likeness (QED) is 0.0505. The molecule has 75 heavy (non-hydrogen) atoms. The molecule has 2 aliphatic rings. The van der Waals surface area contributed by atoms with Gasteiger partial charge >= 0.3 is 41.6 Å². The van der Waals surface area contributed by atoms with Gasteiger partial charge in [0.2, 0.25) is 0 Å². The average Bonchev–Trinajstić information content (AvgIpc) is 3.94. The van der Waals surface area contributed by atoms with Crippen molar-refractivity contribution in [1.29, 1.82) is 0 Å². The summed E-state index contributed by atoms with van der Waals surface area (Å²) < 4.78 is 10.7. The Balaban J connectivity index is 0.000000351. The molecule has 26 heteroatoms. The molecule has 11 nitrogen and oxygen atoms in total. The molecular weight excluding hydrogens is 1230 g/mol. The normalized spacial score (nSPS) is 10.5. The van der Waals surface area contributed by atoms with Crippen molar-refractivity contribution < 1.29 is 73.8 Å². The molecular formula is C49H51N2NaO9S14. The van der Waals surface area contributed by atoms with Crippen molar-refractivity contribution in [2.75, 3.05) is 13.2 Å². The number of nitrogens with one attached hydrogen (secondary N) is 1. The molecule has 2 aliphatic carbocycles. The van der Waals surface area contributed by atoms with Crippen molar-refractivity contribution in [3.05, 3.63) is 190 Å². The number of carbonyl (C=O) groups is 3. The number of aliphatic hydroxyl groups is 2. The van der Waals surface area contributed by atoms with Crippen LogP contribution < -0.4 is 45.9 Å². The van der Waals surface area contributed by atoms with Gasteiger partial charge in [-0.1, -0.05) is 153 Å². The van der Waals surface area contributed by atoms with Crippen LogP contribution in [0.15, 0.2) is 146 Å². The van der Waals surface area contributed by atoms with Gasteiger partial charge in [-0.25, -0.2) is 4.79 Å². The molecule has 5 N–H and O–H groups in total. The molecule has 0 spiro atoms. The number of alkyl carbamates (subject to hydrolysis) is 1. The molecule has 0 unspecified atom stereocenters. The predicted molar refractivity (Wildman–Crippen MR) is 332 cm³/mol. The van der Waals surface area contributed by atoms with E-state index in [4.69, 9.17) is 52.7 Å². The van der Waals surface area contributed by atoms with E-state index in [2.05, 4.69) is 58.7 Å². The van der Waals surface area contributed by atoms with E-state index < -0.39 is 6.09 Å². The van der Waals surface area contributed by atoms with Crippen LogP contribution in [0.2, 0.25) is 0 Å². The van der Waals surface area contributed by atoms with E-state index in [1.54, 1.807) is 88.8 Å². The minimum atomic E-state index is -0.439. The number of ether oxygens (including phenoxy) is 2. The first-order valence-corrected chi connectivity index (χ1v) is 38.5. The van der Waals surface area contributed by atoms with E-state index >= 15 is 0 Å². The Labute approximate surface area is 504 Å². The zero-order chi connectivity index (χ0) is 52.5. The predicted octanol–water partition coefficient (Wildman–Crippen LogP) is 4.26. The summed E-state index contributed by atoms with van der Waals surface area (Å²) in [4.78, 5) is 34.4. The summed E-state index contributed by atoms with van der Waals surface area (Å²) in [6.45, 7) is 2.97. The maximum Gasteiger partial charge on any atom is 1.00 e. The third-order valence-electron chi connectivity index (χ3n) is 10.1. The van der Waals surface area contributed by atoms with E-state index in [-0.39, 0.29) is 74.5 Å². The maximum atomic E-state index is 12.2. The second kappa shape index (κ2) is 41.5. The number of aliphatic hydroxyl groups excluding tert-OH is 2. The SMILES string of the molecule is C.CC(=O)OCC1c2ccccc2-c2ccccc21.NCc1cccc(CO)c1.O=C(NCc1cccc(CO)c1)OCC1c2ccccc2-c2ccccc21.O=CO[O-].S=S=S=S=S=S=S=S=S=S=S=S=S=S.[Na+]. The molecule has 8 rings (SSSR count). The Morgan fingerprint density at radius 2 is 0.907 bits per heavy atom. The Morgan fingerprint density at radius 1 is 0.573 bits per heavy atom. The van der Waals surface area contributed by atoms with Crippen LogP contribution in [0, 0.1) is 0 Å². The van der Waals surface area contributed by atoms with Gasteiger partial charge in [-0.2, -0.15) is 0 Å². The summed E-state index contributed by atoms with van der Waals surface area (Å²) in [5.41, 5.74) is 18.9. The number of hydrogen-bond donors (Lipinski definition) is 4. The standard InChI is InChI=1S/C23H21NO3.C16H14O2.C8H11NO.CH2O3.CH4.Na.S14/c25-14-17-7-5-6-16(12-17)13-24-23(26)27-15-22-20-10-3-1-8-18(20)19-9-2-4-11-21(19)22;1-11(17)18-10-16-14-8-4-2-6-12(14)13-7-3-5-9-15(13)16;9-5-7-2-1-3-8(4-7)6-10;2-1-4-3;;;1-3-5-7-9-11-13-14-12-10-8-6-4-2/h1-12,22,25H,13-15H2,(H,24,26);2-9,16H,10H2,1H3;1-4,10H,5-6,9H2;1,3H;1H4;;/q;;;;;+1;/p-1. The molecule has 396 valence electrons. The van der Waals surface area contributed by atoms with E-state index in [1.807, 2.05) is 97.1 Å². The molecule has 1 amide bonds. The summed E-state index contributed by atoms with van der Waals surface area (Å²) in [7, 11) is 19.9. The van der Waals surface area contributed by atoms with Crippen LogP contribution in [0.25, 0.3) is 22.3 Å². The molecule has 0 fully saturated rings. The second-order valence-electron chi connectivity index (χ2n) is 14.4. The molecule has 0 aliphatic heterocycles. The number of fused-ring (bicyclic) bond motifs is 6. The molecule has 6 aromatic carbocycles. The van der Waals surface area contributed by atoms with Crippen molar-refractivity contribution in [3.63, 3.8) is 0 Å². The molecule has 0 heterocycles. The number of esters is 1. The third kappa shape index (κ3) is 24.6. The van der Waals surface area contributed by atoms with Crippen molar-refractivity contribution in [1.82, 2.24) is 5.32 Å².